The van der Waals surface area contributed by atoms with Gasteiger partial charge in [-0.05, 0) is 55.0 Å². The summed E-state index contributed by atoms with van der Waals surface area (Å²) in [5.74, 6) is 0. The number of nitrogens with two attached hydrogens (primary N) is 1. The van der Waals surface area contributed by atoms with E-state index in [9.17, 15) is 0 Å². The summed E-state index contributed by atoms with van der Waals surface area (Å²) in [6.07, 6.45) is 2.10. The summed E-state index contributed by atoms with van der Waals surface area (Å²) in [5.41, 5.74) is 11.5. The van der Waals surface area contributed by atoms with Crippen molar-refractivity contribution in [3.63, 3.8) is 0 Å². The molecule has 2 rings (SSSR count). The van der Waals surface area contributed by atoms with Crippen molar-refractivity contribution in [2.75, 3.05) is 6.54 Å². The van der Waals surface area contributed by atoms with Crippen molar-refractivity contribution in [1.82, 2.24) is 4.57 Å². The summed E-state index contributed by atoms with van der Waals surface area (Å²) >= 11 is 0. The second kappa shape index (κ2) is 5.01. The van der Waals surface area contributed by atoms with Gasteiger partial charge in [-0.25, -0.2) is 0 Å². The van der Waals surface area contributed by atoms with Crippen molar-refractivity contribution in [1.29, 1.82) is 0 Å². The van der Waals surface area contributed by atoms with Crippen LogP contribution < -0.4 is 5.73 Å². The van der Waals surface area contributed by atoms with Gasteiger partial charge in [0.1, 0.15) is 0 Å². The van der Waals surface area contributed by atoms with Crippen LogP contribution in [-0.4, -0.2) is 11.1 Å². The van der Waals surface area contributed by atoms with E-state index < -0.39 is 0 Å². The molecule has 0 radical (unpaired) electrons. The number of aromatic nitrogens is 1. The van der Waals surface area contributed by atoms with Crippen LogP contribution in [0.1, 0.15) is 44.0 Å². The smallest absolute Gasteiger partial charge is 0.0483 e. The Hall–Kier alpha value is -1.28. The molecule has 0 fully saturated rings. The highest BCUT2D eigenvalue weighted by molar-refractivity contribution is 5.87. The minimum atomic E-state index is 0.130. The van der Waals surface area contributed by atoms with Crippen molar-refractivity contribution in [2.45, 2.75) is 46.0 Å². The van der Waals surface area contributed by atoms with Gasteiger partial charge in [-0.15, -0.1) is 0 Å². The van der Waals surface area contributed by atoms with E-state index in [1.54, 1.807) is 0 Å². The maximum absolute atomic E-state index is 5.80. The summed E-state index contributed by atoms with van der Waals surface area (Å²) in [6.45, 7) is 9.78. The predicted molar refractivity (Wildman–Crippen MR) is 83.7 cm³/mol. The second-order valence-corrected chi connectivity index (χ2v) is 6.15. The Bertz CT molecular complexity index is 591. The summed E-state index contributed by atoms with van der Waals surface area (Å²) in [5, 5.41) is 1.40. The summed E-state index contributed by atoms with van der Waals surface area (Å²) < 4.78 is 2.31. The summed E-state index contributed by atoms with van der Waals surface area (Å²) in [7, 11) is 2.16. The van der Waals surface area contributed by atoms with E-state index in [1.807, 2.05) is 0 Å². The SMILES string of the molecule is CCc1ccc2c(c1)c(C(C)(C)CCN)c(C)n2C. The predicted octanol–water partition coefficient (Wildman–Crippen LogP) is 3.68. The third-order valence-corrected chi connectivity index (χ3v) is 4.41. The molecule has 0 aliphatic rings. The van der Waals surface area contributed by atoms with Crippen molar-refractivity contribution in [3.05, 3.63) is 35.0 Å². The van der Waals surface area contributed by atoms with Gasteiger partial charge in [-0.2, -0.15) is 0 Å². The molecule has 0 saturated heterocycles. The van der Waals surface area contributed by atoms with Crippen LogP contribution in [-0.2, 0) is 18.9 Å². The molecule has 2 heteroatoms. The highest BCUT2D eigenvalue weighted by Gasteiger charge is 2.26. The molecule has 1 aromatic heterocycles. The van der Waals surface area contributed by atoms with E-state index in [4.69, 9.17) is 5.73 Å². The number of hydrogen-bond acceptors (Lipinski definition) is 1. The quantitative estimate of drug-likeness (QED) is 0.891. The van der Waals surface area contributed by atoms with E-state index in [-0.39, 0.29) is 5.41 Å². The normalized spacial score (nSPS) is 12.3. The molecule has 2 N–H and O–H groups in total. The van der Waals surface area contributed by atoms with Crippen molar-refractivity contribution >= 4 is 10.9 Å². The molecular weight excluding hydrogens is 232 g/mol. The number of benzene rings is 1. The molecule has 1 heterocycles. The fraction of sp³-hybridized carbons (Fsp3) is 0.529. The molecule has 0 atom stereocenters. The van der Waals surface area contributed by atoms with Gasteiger partial charge in [0.2, 0.25) is 0 Å². The van der Waals surface area contributed by atoms with Gasteiger partial charge in [-0.1, -0.05) is 26.8 Å². The lowest BCUT2D eigenvalue weighted by atomic mass is 9.79. The maximum Gasteiger partial charge on any atom is 0.0483 e. The van der Waals surface area contributed by atoms with Crippen molar-refractivity contribution in [2.24, 2.45) is 12.8 Å². The molecule has 0 amide bonds. The molecule has 0 aliphatic carbocycles. The van der Waals surface area contributed by atoms with E-state index in [2.05, 4.69) is 57.5 Å². The van der Waals surface area contributed by atoms with Gasteiger partial charge >= 0.3 is 0 Å². The lowest BCUT2D eigenvalue weighted by Crippen LogP contribution is -2.22. The molecule has 0 bridgehead atoms. The second-order valence-electron chi connectivity index (χ2n) is 6.15. The molecule has 0 spiro atoms. The summed E-state index contributed by atoms with van der Waals surface area (Å²) in [4.78, 5) is 0. The molecule has 0 unspecified atom stereocenters. The minimum absolute atomic E-state index is 0.130. The average molecular weight is 258 g/mol. The summed E-state index contributed by atoms with van der Waals surface area (Å²) in [6, 6.07) is 6.85. The Kier molecular flexibility index (Phi) is 3.73. The minimum Gasteiger partial charge on any atom is -0.348 e. The molecule has 19 heavy (non-hydrogen) atoms. The standard InChI is InChI=1S/C17H26N2/c1-6-13-7-8-15-14(11-13)16(12(2)19(15)5)17(3,4)9-10-18/h7-8,11H,6,9-10,18H2,1-5H3. The third kappa shape index (κ3) is 2.30. The number of nitrogens with zero attached hydrogens (tertiary/aromatic N) is 1. The number of aryl methyl sites for hydroxylation is 2. The van der Waals surface area contributed by atoms with Crippen LogP contribution in [0.15, 0.2) is 18.2 Å². The van der Waals surface area contributed by atoms with Gasteiger partial charge in [0.25, 0.3) is 0 Å². The Morgan fingerprint density at radius 1 is 1.26 bits per heavy atom. The van der Waals surface area contributed by atoms with E-state index >= 15 is 0 Å². The highest BCUT2D eigenvalue weighted by Crippen LogP contribution is 2.37. The highest BCUT2D eigenvalue weighted by atomic mass is 14.9. The third-order valence-electron chi connectivity index (χ3n) is 4.41. The van der Waals surface area contributed by atoms with Gasteiger partial charge in [0, 0.05) is 23.6 Å². The van der Waals surface area contributed by atoms with Gasteiger partial charge in [0.05, 0.1) is 0 Å². The number of fused-ring (bicyclic) bond motifs is 1. The Balaban J connectivity index is 2.74. The van der Waals surface area contributed by atoms with Crippen LogP contribution in [0.3, 0.4) is 0 Å². The molecule has 0 saturated carbocycles. The molecule has 2 nitrogen and oxygen atoms in total. The zero-order valence-electron chi connectivity index (χ0n) is 12.9. The fourth-order valence-electron chi connectivity index (χ4n) is 3.18. The van der Waals surface area contributed by atoms with Crippen LogP contribution in [0.4, 0.5) is 0 Å². The van der Waals surface area contributed by atoms with E-state index in [0.717, 1.165) is 19.4 Å². The first-order chi connectivity index (χ1) is 8.92. The zero-order valence-corrected chi connectivity index (χ0v) is 12.9. The number of rotatable bonds is 4. The van der Waals surface area contributed by atoms with Crippen molar-refractivity contribution in [3.8, 4) is 0 Å². The first-order valence-electron chi connectivity index (χ1n) is 7.20. The Morgan fingerprint density at radius 2 is 1.95 bits per heavy atom. The molecule has 104 valence electrons. The lowest BCUT2D eigenvalue weighted by Gasteiger charge is -2.25. The van der Waals surface area contributed by atoms with Gasteiger partial charge < -0.3 is 10.3 Å². The molecule has 2 aromatic rings. The largest absolute Gasteiger partial charge is 0.348 e. The van der Waals surface area contributed by atoms with Crippen LogP contribution in [0.25, 0.3) is 10.9 Å². The lowest BCUT2D eigenvalue weighted by molar-refractivity contribution is 0.487. The number of hydrogen-bond donors (Lipinski definition) is 1. The maximum atomic E-state index is 5.80. The molecule has 0 aliphatic heterocycles. The van der Waals surface area contributed by atoms with Gasteiger partial charge in [-0.3, -0.25) is 0 Å². The van der Waals surface area contributed by atoms with E-state index in [0.29, 0.717) is 0 Å². The van der Waals surface area contributed by atoms with Crippen LogP contribution in [0.2, 0.25) is 0 Å². The van der Waals surface area contributed by atoms with Crippen LogP contribution >= 0.6 is 0 Å². The van der Waals surface area contributed by atoms with Crippen LogP contribution in [0.5, 0.6) is 0 Å². The fourth-order valence-corrected chi connectivity index (χ4v) is 3.18. The molecule has 1 aromatic carbocycles. The van der Waals surface area contributed by atoms with E-state index in [1.165, 1.54) is 27.7 Å². The van der Waals surface area contributed by atoms with Crippen LogP contribution in [0, 0.1) is 6.92 Å². The monoisotopic (exact) mass is 258 g/mol. The topological polar surface area (TPSA) is 30.9 Å². The first kappa shape index (κ1) is 14.1. The first-order valence-corrected chi connectivity index (χ1v) is 7.20. The zero-order chi connectivity index (χ0) is 14.2. The Morgan fingerprint density at radius 3 is 2.53 bits per heavy atom. The average Bonchev–Trinajstić information content (AvgIpc) is 2.61. The van der Waals surface area contributed by atoms with Gasteiger partial charge in [0.15, 0.2) is 0 Å². The molecular formula is C17H26N2. The Labute approximate surface area is 116 Å². The van der Waals surface area contributed by atoms with Crippen molar-refractivity contribution < 1.29 is 0 Å².